The lowest BCUT2D eigenvalue weighted by Crippen LogP contribution is -2.20. The third-order valence-corrected chi connectivity index (χ3v) is 2.77. The number of amides is 2. The van der Waals surface area contributed by atoms with Crippen LogP contribution in [-0.2, 0) is 0 Å². The monoisotopic (exact) mass is 275 g/mol. The third-order valence-electron chi connectivity index (χ3n) is 2.54. The SMILES string of the molecule is Cc1cccc(NC(=O)Nc2ccc(Cl)cc2N)c1. The van der Waals surface area contributed by atoms with E-state index in [9.17, 15) is 4.79 Å². The van der Waals surface area contributed by atoms with Gasteiger partial charge in [-0.05, 0) is 42.8 Å². The Kier molecular flexibility index (Phi) is 3.92. The number of halogens is 1. The van der Waals surface area contributed by atoms with Gasteiger partial charge in [-0.2, -0.15) is 0 Å². The van der Waals surface area contributed by atoms with Crippen molar-refractivity contribution in [2.75, 3.05) is 16.4 Å². The van der Waals surface area contributed by atoms with E-state index in [2.05, 4.69) is 10.6 Å². The van der Waals surface area contributed by atoms with Crippen LogP contribution in [0.3, 0.4) is 0 Å². The second-order valence-corrected chi connectivity index (χ2v) is 4.62. The van der Waals surface area contributed by atoms with Gasteiger partial charge in [0.25, 0.3) is 0 Å². The zero-order chi connectivity index (χ0) is 13.8. The maximum Gasteiger partial charge on any atom is 0.323 e. The summed E-state index contributed by atoms with van der Waals surface area (Å²) in [4.78, 5) is 11.8. The van der Waals surface area contributed by atoms with Gasteiger partial charge in [-0.15, -0.1) is 0 Å². The van der Waals surface area contributed by atoms with Gasteiger partial charge in [0.05, 0.1) is 11.4 Å². The van der Waals surface area contributed by atoms with Crippen LogP contribution in [0.15, 0.2) is 42.5 Å². The first-order valence-electron chi connectivity index (χ1n) is 5.74. The van der Waals surface area contributed by atoms with Gasteiger partial charge < -0.3 is 16.4 Å². The number of aryl methyl sites for hydroxylation is 1. The number of carbonyl (C=O) groups excluding carboxylic acids is 1. The molecule has 2 rings (SSSR count). The van der Waals surface area contributed by atoms with Crippen molar-refractivity contribution in [2.45, 2.75) is 6.92 Å². The van der Waals surface area contributed by atoms with Crippen LogP contribution in [0.2, 0.25) is 5.02 Å². The number of anilines is 3. The topological polar surface area (TPSA) is 67.2 Å². The molecule has 4 N–H and O–H groups in total. The minimum atomic E-state index is -0.348. The van der Waals surface area contributed by atoms with E-state index in [1.165, 1.54) is 0 Å². The van der Waals surface area contributed by atoms with Crippen molar-refractivity contribution >= 4 is 34.7 Å². The van der Waals surface area contributed by atoms with Crippen molar-refractivity contribution in [1.82, 2.24) is 0 Å². The Hall–Kier alpha value is -2.20. The lowest BCUT2D eigenvalue weighted by atomic mass is 10.2. The molecule has 5 heteroatoms. The maximum atomic E-state index is 11.8. The van der Waals surface area contributed by atoms with Crippen molar-refractivity contribution in [3.8, 4) is 0 Å². The molecular formula is C14H14ClN3O. The highest BCUT2D eigenvalue weighted by Gasteiger charge is 2.05. The van der Waals surface area contributed by atoms with Crippen LogP contribution >= 0.6 is 11.6 Å². The van der Waals surface area contributed by atoms with Gasteiger partial charge in [0, 0.05) is 10.7 Å². The van der Waals surface area contributed by atoms with E-state index in [0.717, 1.165) is 11.3 Å². The molecule has 0 aliphatic heterocycles. The van der Waals surface area contributed by atoms with Crippen LogP contribution in [-0.4, -0.2) is 6.03 Å². The standard InChI is InChI=1S/C14H14ClN3O/c1-9-3-2-4-11(7-9)17-14(19)18-13-6-5-10(15)8-12(13)16/h2-8H,16H2,1H3,(H2,17,18,19). The molecule has 0 aromatic heterocycles. The Balaban J connectivity index is 2.05. The molecule has 98 valence electrons. The molecule has 0 bridgehead atoms. The second-order valence-electron chi connectivity index (χ2n) is 4.18. The summed E-state index contributed by atoms with van der Waals surface area (Å²) in [6, 6.07) is 12.1. The summed E-state index contributed by atoms with van der Waals surface area (Å²) in [5, 5.41) is 5.94. The lowest BCUT2D eigenvalue weighted by molar-refractivity contribution is 0.262. The highest BCUT2D eigenvalue weighted by Crippen LogP contribution is 2.22. The number of carbonyl (C=O) groups is 1. The molecule has 2 aromatic rings. The van der Waals surface area contributed by atoms with E-state index in [1.54, 1.807) is 18.2 Å². The molecule has 0 saturated heterocycles. The van der Waals surface area contributed by atoms with Gasteiger partial charge >= 0.3 is 6.03 Å². The van der Waals surface area contributed by atoms with E-state index >= 15 is 0 Å². The van der Waals surface area contributed by atoms with Crippen molar-refractivity contribution in [2.24, 2.45) is 0 Å². The number of hydrogen-bond donors (Lipinski definition) is 3. The Morgan fingerprint density at radius 3 is 2.63 bits per heavy atom. The summed E-state index contributed by atoms with van der Waals surface area (Å²) < 4.78 is 0. The maximum absolute atomic E-state index is 11.8. The number of benzene rings is 2. The predicted octanol–water partition coefficient (Wildman–Crippen LogP) is 3.87. The average Bonchev–Trinajstić information content (AvgIpc) is 2.33. The van der Waals surface area contributed by atoms with Crippen molar-refractivity contribution in [3.05, 3.63) is 53.1 Å². The number of nitrogens with two attached hydrogens (primary N) is 1. The fourth-order valence-corrected chi connectivity index (χ4v) is 1.84. The number of urea groups is 1. The molecular weight excluding hydrogens is 262 g/mol. The minimum absolute atomic E-state index is 0.348. The summed E-state index contributed by atoms with van der Waals surface area (Å²) in [6.07, 6.45) is 0. The van der Waals surface area contributed by atoms with Gasteiger partial charge in [0.1, 0.15) is 0 Å². The highest BCUT2D eigenvalue weighted by molar-refractivity contribution is 6.31. The summed E-state index contributed by atoms with van der Waals surface area (Å²) in [7, 11) is 0. The largest absolute Gasteiger partial charge is 0.397 e. The van der Waals surface area contributed by atoms with E-state index in [0.29, 0.717) is 16.4 Å². The smallest absolute Gasteiger partial charge is 0.323 e. The number of nitrogen functional groups attached to an aromatic ring is 1. The molecule has 0 aliphatic rings. The van der Waals surface area contributed by atoms with E-state index in [-0.39, 0.29) is 6.03 Å². The van der Waals surface area contributed by atoms with Gasteiger partial charge in [-0.1, -0.05) is 23.7 Å². The molecule has 2 amide bonds. The molecule has 0 spiro atoms. The molecule has 2 aromatic carbocycles. The quantitative estimate of drug-likeness (QED) is 0.728. The first-order chi connectivity index (χ1) is 9.04. The van der Waals surface area contributed by atoms with Gasteiger partial charge in [-0.25, -0.2) is 4.79 Å². The van der Waals surface area contributed by atoms with Crippen molar-refractivity contribution in [3.63, 3.8) is 0 Å². The highest BCUT2D eigenvalue weighted by atomic mass is 35.5. The normalized spacial score (nSPS) is 10.0. The molecule has 0 saturated carbocycles. The predicted molar refractivity (Wildman–Crippen MR) is 79.7 cm³/mol. The zero-order valence-electron chi connectivity index (χ0n) is 10.4. The Morgan fingerprint density at radius 1 is 1.16 bits per heavy atom. The summed E-state index contributed by atoms with van der Waals surface area (Å²) in [5.74, 6) is 0. The average molecular weight is 276 g/mol. The van der Waals surface area contributed by atoms with Gasteiger partial charge in [0.2, 0.25) is 0 Å². The van der Waals surface area contributed by atoms with Gasteiger partial charge in [0.15, 0.2) is 0 Å². The molecule has 0 atom stereocenters. The van der Waals surface area contributed by atoms with E-state index < -0.39 is 0 Å². The van der Waals surface area contributed by atoms with Crippen LogP contribution in [0.5, 0.6) is 0 Å². The zero-order valence-corrected chi connectivity index (χ0v) is 11.2. The molecule has 0 radical (unpaired) electrons. The van der Waals surface area contributed by atoms with Crippen LogP contribution in [0.25, 0.3) is 0 Å². The Labute approximate surface area is 116 Å². The van der Waals surface area contributed by atoms with E-state index in [1.807, 2.05) is 31.2 Å². The third kappa shape index (κ3) is 3.63. The number of nitrogens with one attached hydrogen (secondary N) is 2. The minimum Gasteiger partial charge on any atom is -0.397 e. The van der Waals surface area contributed by atoms with Crippen molar-refractivity contribution in [1.29, 1.82) is 0 Å². The van der Waals surface area contributed by atoms with E-state index in [4.69, 9.17) is 17.3 Å². The summed E-state index contributed by atoms with van der Waals surface area (Å²) >= 11 is 5.79. The Morgan fingerprint density at radius 2 is 1.95 bits per heavy atom. The first kappa shape index (κ1) is 13.2. The summed E-state index contributed by atoms with van der Waals surface area (Å²) in [5.41, 5.74) is 8.51. The number of rotatable bonds is 2. The molecule has 0 fully saturated rings. The lowest BCUT2D eigenvalue weighted by Gasteiger charge is -2.10. The first-order valence-corrected chi connectivity index (χ1v) is 6.12. The van der Waals surface area contributed by atoms with Crippen LogP contribution in [0.4, 0.5) is 21.9 Å². The van der Waals surface area contributed by atoms with Gasteiger partial charge in [-0.3, -0.25) is 0 Å². The molecule has 0 unspecified atom stereocenters. The molecule has 0 heterocycles. The van der Waals surface area contributed by atoms with Crippen LogP contribution in [0.1, 0.15) is 5.56 Å². The molecule has 0 aliphatic carbocycles. The van der Waals surface area contributed by atoms with Crippen LogP contribution in [0, 0.1) is 6.92 Å². The second kappa shape index (κ2) is 5.63. The summed E-state index contributed by atoms with van der Waals surface area (Å²) in [6.45, 7) is 1.96. The molecule has 4 nitrogen and oxygen atoms in total. The fraction of sp³-hybridized carbons (Fsp3) is 0.0714. The fourth-order valence-electron chi connectivity index (χ4n) is 1.65. The Bertz CT molecular complexity index is 613. The molecule has 19 heavy (non-hydrogen) atoms. The van der Waals surface area contributed by atoms with Crippen molar-refractivity contribution < 1.29 is 4.79 Å². The number of hydrogen-bond acceptors (Lipinski definition) is 2. The van der Waals surface area contributed by atoms with Crippen LogP contribution < -0.4 is 16.4 Å².